The molecule has 0 aliphatic heterocycles. The van der Waals surface area contributed by atoms with E-state index >= 15 is 0 Å². The molecular weight excluding hydrogens is 260 g/mol. The molecule has 2 rings (SSSR count). The summed E-state index contributed by atoms with van der Waals surface area (Å²) in [5, 5.41) is 3.67. The number of nitrogens with zero attached hydrogens (tertiary/aromatic N) is 1. The Hall–Kier alpha value is -1.09. The van der Waals surface area contributed by atoms with Crippen LogP contribution in [0.15, 0.2) is 18.3 Å². The van der Waals surface area contributed by atoms with Crippen molar-refractivity contribution in [3.63, 3.8) is 0 Å². The molecule has 0 bridgehead atoms. The van der Waals surface area contributed by atoms with Gasteiger partial charge in [0.2, 0.25) is 0 Å². The van der Waals surface area contributed by atoms with Crippen LogP contribution in [0.2, 0.25) is 5.02 Å². The molecule has 1 N–H and O–H groups in total. The first-order chi connectivity index (χ1) is 9.20. The summed E-state index contributed by atoms with van der Waals surface area (Å²) < 4.78 is 0. The van der Waals surface area contributed by atoms with Crippen LogP contribution in [0.25, 0.3) is 0 Å². The molecule has 0 spiro atoms. The van der Waals surface area contributed by atoms with E-state index in [1.807, 2.05) is 0 Å². The lowest BCUT2D eigenvalue weighted by Gasteiger charge is -2.30. The molecule has 0 saturated heterocycles. The Morgan fingerprint density at radius 2 is 2.21 bits per heavy atom. The predicted molar refractivity (Wildman–Crippen MR) is 77.4 cm³/mol. The van der Waals surface area contributed by atoms with Crippen LogP contribution in [0.4, 0.5) is 0 Å². The van der Waals surface area contributed by atoms with Gasteiger partial charge in [0.1, 0.15) is 5.69 Å². The summed E-state index contributed by atoms with van der Waals surface area (Å²) in [6.45, 7) is 2.13. The first-order valence-electron chi connectivity index (χ1n) is 7.13. The van der Waals surface area contributed by atoms with Crippen molar-refractivity contribution in [3.8, 4) is 0 Å². The van der Waals surface area contributed by atoms with Crippen LogP contribution in [0.5, 0.6) is 0 Å². The zero-order valence-corrected chi connectivity index (χ0v) is 12.1. The lowest BCUT2D eigenvalue weighted by molar-refractivity contribution is 0.0906. The molecule has 1 fully saturated rings. The number of pyridine rings is 1. The molecule has 1 atom stereocenters. The van der Waals surface area contributed by atoms with Crippen molar-refractivity contribution in [2.24, 2.45) is 5.92 Å². The van der Waals surface area contributed by atoms with Gasteiger partial charge in [-0.05, 0) is 37.3 Å². The first-order valence-corrected chi connectivity index (χ1v) is 7.51. The molecule has 4 heteroatoms. The fourth-order valence-corrected chi connectivity index (χ4v) is 3.02. The predicted octanol–water partition coefficient (Wildman–Crippen LogP) is 3.82. The highest BCUT2D eigenvalue weighted by molar-refractivity contribution is 6.30. The number of halogens is 1. The number of hydrogen-bond acceptors (Lipinski definition) is 2. The Balaban J connectivity index is 1.99. The second-order valence-corrected chi connectivity index (χ2v) is 5.68. The largest absolute Gasteiger partial charge is 0.348 e. The molecule has 1 unspecified atom stereocenters. The van der Waals surface area contributed by atoms with E-state index < -0.39 is 0 Å². The number of carbonyl (C=O) groups is 1. The average Bonchev–Trinajstić information content (AvgIpc) is 2.45. The second-order valence-electron chi connectivity index (χ2n) is 5.25. The number of aromatic nitrogens is 1. The van der Waals surface area contributed by atoms with Gasteiger partial charge in [-0.3, -0.25) is 9.78 Å². The summed E-state index contributed by atoms with van der Waals surface area (Å²) in [6, 6.07) is 3.55. The lowest BCUT2D eigenvalue weighted by atomic mass is 9.83. The third-order valence-electron chi connectivity index (χ3n) is 3.93. The van der Waals surface area contributed by atoms with Crippen molar-refractivity contribution in [3.05, 3.63) is 29.0 Å². The van der Waals surface area contributed by atoms with Crippen molar-refractivity contribution in [2.75, 3.05) is 0 Å². The van der Waals surface area contributed by atoms with Gasteiger partial charge in [-0.15, -0.1) is 0 Å². The van der Waals surface area contributed by atoms with E-state index in [1.165, 1.54) is 32.1 Å². The van der Waals surface area contributed by atoms with Gasteiger partial charge in [-0.25, -0.2) is 0 Å². The molecular formula is C15H21ClN2O. The van der Waals surface area contributed by atoms with Crippen LogP contribution < -0.4 is 5.32 Å². The summed E-state index contributed by atoms with van der Waals surface area (Å²) in [7, 11) is 0. The Labute approximate surface area is 119 Å². The summed E-state index contributed by atoms with van der Waals surface area (Å²) in [5.74, 6) is 0.502. The number of nitrogens with one attached hydrogen (secondary N) is 1. The molecule has 1 aliphatic rings. The highest BCUT2D eigenvalue weighted by Gasteiger charge is 2.24. The van der Waals surface area contributed by atoms with Crippen LogP contribution >= 0.6 is 11.6 Å². The van der Waals surface area contributed by atoms with Crippen molar-refractivity contribution in [2.45, 2.75) is 51.5 Å². The summed E-state index contributed by atoms with van der Waals surface area (Å²) in [6.07, 6.45) is 8.88. The van der Waals surface area contributed by atoms with Crippen molar-refractivity contribution >= 4 is 17.5 Å². The van der Waals surface area contributed by atoms with Crippen LogP contribution in [-0.2, 0) is 0 Å². The van der Waals surface area contributed by atoms with E-state index in [1.54, 1.807) is 18.3 Å². The smallest absolute Gasteiger partial charge is 0.270 e. The van der Waals surface area contributed by atoms with Gasteiger partial charge in [-0.2, -0.15) is 0 Å². The van der Waals surface area contributed by atoms with Crippen molar-refractivity contribution in [1.82, 2.24) is 10.3 Å². The minimum atomic E-state index is -0.111. The van der Waals surface area contributed by atoms with Crippen LogP contribution in [0.1, 0.15) is 55.9 Å². The molecule has 104 valence electrons. The minimum absolute atomic E-state index is 0.111. The quantitative estimate of drug-likeness (QED) is 0.911. The van der Waals surface area contributed by atoms with E-state index in [0.717, 1.165) is 6.42 Å². The summed E-state index contributed by atoms with van der Waals surface area (Å²) >= 11 is 5.89. The van der Waals surface area contributed by atoms with E-state index in [-0.39, 0.29) is 11.9 Å². The number of carbonyl (C=O) groups excluding carboxylic acids is 1. The number of hydrogen-bond donors (Lipinski definition) is 1. The maximum atomic E-state index is 12.2. The zero-order valence-electron chi connectivity index (χ0n) is 11.4. The number of amides is 1. The van der Waals surface area contributed by atoms with Gasteiger partial charge in [-0.1, -0.05) is 37.8 Å². The molecule has 1 aromatic rings. The molecule has 0 aromatic carbocycles. The SMILES string of the molecule is CCC(NC(=O)c1cc(Cl)ccn1)C1CCCCC1. The molecule has 1 aliphatic carbocycles. The highest BCUT2D eigenvalue weighted by Crippen LogP contribution is 2.27. The average molecular weight is 281 g/mol. The maximum absolute atomic E-state index is 12.2. The summed E-state index contributed by atoms with van der Waals surface area (Å²) in [5.41, 5.74) is 0.404. The van der Waals surface area contributed by atoms with Crippen LogP contribution in [-0.4, -0.2) is 16.9 Å². The van der Waals surface area contributed by atoms with Gasteiger partial charge >= 0.3 is 0 Å². The first kappa shape index (κ1) is 14.3. The monoisotopic (exact) mass is 280 g/mol. The molecule has 3 nitrogen and oxygen atoms in total. The van der Waals surface area contributed by atoms with Gasteiger partial charge in [0, 0.05) is 17.3 Å². The van der Waals surface area contributed by atoms with Crippen molar-refractivity contribution < 1.29 is 4.79 Å². The maximum Gasteiger partial charge on any atom is 0.270 e. The Morgan fingerprint density at radius 3 is 2.84 bits per heavy atom. The minimum Gasteiger partial charge on any atom is -0.348 e. The highest BCUT2D eigenvalue weighted by atomic mass is 35.5. The Morgan fingerprint density at radius 1 is 1.47 bits per heavy atom. The standard InChI is InChI=1S/C15H21ClN2O/c1-2-13(11-6-4-3-5-7-11)18-15(19)14-10-12(16)8-9-17-14/h8-11,13H,2-7H2,1H3,(H,18,19). The second kappa shape index (κ2) is 6.90. The fourth-order valence-electron chi connectivity index (χ4n) is 2.86. The third-order valence-corrected chi connectivity index (χ3v) is 4.16. The normalized spacial score (nSPS) is 18.0. The van der Waals surface area contributed by atoms with Crippen LogP contribution in [0, 0.1) is 5.92 Å². The molecule has 1 heterocycles. The third kappa shape index (κ3) is 3.93. The van der Waals surface area contributed by atoms with Crippen LogP contribution in [0.3, 0.4) is 0 Å². The van der Waals surface area contributed by atoms with Gasteiger partial charge in [0.05, 0.1) is 0 Å². The molecule has 1 aromatic heterocycles. The lowest BCUT2D eigenvalue weighted by Crippen LogP contribution is -2.41. The molecule has 1 amide bonds. The zero-order chi connectivity index (χ0) is 13.7. The Kier molecular flexibility index (Phi) is 5.20. The fraction of sp³-hybridized carbons (Fsp3) is 0.600. The summed E-state index contributed by atoms with van der Waals surface area (Å²) in [4.78, 5) is 16.3. The molecule has 1 saturated carbocycles. The van der Waals surface area contributed by atoms with E-state index in [0.29, 0.717) is 16.6 Å². The number of rotatable bonds is 4. The van der Waals surface area contributed by atoms with E-state index in [4.69, 9.17) is 11.6 Å². The van der Waals surface area contributed by atoms with E-state index in [9.17, 15) is 4.79 Å². The van der Waals surface area contributed by atoms with Gasteiger partial charge in [0.15, 0.2) is 0 Å². The molecule has 0 radical (unpaired) electrons. The topological polar surface area (TPSA) is 42.0 Å². The van der Waals surface area contributed by atoms with Gasteiger partial charge < -0.3 is 5.32 Å². The van der Waals surface area contributed by atoms with Crippen molar-refractivity contribution in [1.29, 1.82) is 0 Å². The van der Waals surface area contributed by atoms with Gasteiger partial charge in [0.25, 0.3) is 5.91 Å². The van der Waals surface area contributed by atoms with E-state index in [2.05, 4.69) is 17.2 Å². The molecule has 19 heavy (non-hydrogen) atoms. The Bertz CT molecular complexity index is 430.